The van der Waals surface area contributed by atoms with Crippen LogP contribution in [0, 0.1) is 13.8 Å². The van der Waals surface area contributed by atoms with Crippen LogP contribution >= 0.6 is 0 Å². The minimum Gasteiger partial charge on any atom is -0.341 e. The quantitative estimate of drug-likeness (QED) is 0.740. The van der Waals surface area contributed by atoms with Gasteiger partial charge in [-0.15, -0.1) is 0 Å². The van der Waals surface area contributed by atoms with Gasteiger partial charge in [0.1, 0.15) is 6.54 Å². The predicted molar refractivity (Wildman–Crippen MR) is 95.8 cm³/mol. The molecule has 2 aromatic heterocycles. The second kappa shape index (κ2) is 5.78. The summed E-state index contributed by atoms with van der Waals surface area (Å²) >= 11 is 0. The minimum atomic E-state index is 0.197. The van der Waals surface area contributed by atoms with Crippen molar-refractivity contribution in [2.75, 3.05) is 13.1 Å². The normalized spacial score (nSPS) is 14.0. The van der Waals surface area contributed by atoms with Crippen molar-refractivity contribution in [1.82, 2.24) is 14.5 Å². The average Bonchev–Trinajstić information content (AvgIpc) is 2.81. The number of carbonyl (C=O) groups is 1. The summed E-state index contributed by atoms with van der Waals surface area (Å²) in [5.41, 5.74) is 6.52. The van der Waals surface area contributed by atoms with Crippen molar-refractivity contribution in [1.29, 1.82) is 0 Å². The number of hydrogen-bond acceptors (Lipinski definition) is 2. The Labute approximate surface area is 141 Å². The third kappa shape index (κ3) is 2.58. The molecule has 1 fully saturated rings. The Bertz CT molecular complexity index is 922. The zero-order chi connectivity index (χ0) is 16.7. The van der Waals surface area contributed by atoms with Crippen molar-refractivity contribution in [2.24, 2.45) is 0 Å². The molecule has 4 nitrogen and oxygen atoms in total. The summed E-state index contributed by atoms with van der Waals surface area (Å²) < 4.78 is 2.09. The molecule has 1 aliphatic rings. The van der Waals surface area contributed by atoms with Crippen molar-refractivity contribution in [2.45, 2.75) is 26.8 Å². The van der Waals surface area contributed by atoms with Crippen LogP contribution in [-0.4, -0.2) is 33.4 Å². The standard InChI is InChI=1S/C20H21N3O/c1-14-5-3-6-16(9-14)17-11-19-18(21-12-17)10-15(2)23(19)13-20(24)22-7-4-8-22/h3,5-6,9-12H,4,7-8,13H2,1-2H3. The fourth-order valence-electron chi connectivity index (χ4n) is 3.25. The van der Waals surface area contributed by atoms with E-state index in [0.29, 0.717) is 6.54 Å². The lowest BCUT2D eigenvalue weighted by Gasteiger charge is -2.31. The van der Waals surface area contributed by atoms with E-state index in [-0.39, 0.29) is 5.91 Å². The third-order valence-corrected chi connectivity index (χ3v) is 4.81. The SMILES string of the molecule is Cc1cccc(-c2cnc3cc(C)n(CC(=O)N4CCC4)c3c2)c1. The second-order valence-corrected chi connectivity index (χ2v) is 6.60. The number of pyridine rings is 1. The van der Waals surface area contributed by atoms with E-state index in [1.54, 1.807) is 0 Å². The molecule has 0 spiro atoms. The van der Waals surface area contributed by atoms with Gasteiger partial charge in [-0.3, -0.25) is 9.78 Å². The molecule has 122 valence electrons. The van der Waals surface area contributed by atoms with E-state index in [2.05, 4.69) is 52.9 Å². The summed E-state index contributed by atoms with van der Waals surface area (Å²) in [5.74, 6) is 0.197. The van der Waals surface area contributed by atoms with Gasteiger partial charge in [0, 0.05) is 30.5 Å². The zero-order valence-corrected chi connectivity index (χ0v) is 14.1. The fraction of sp³-hybridized carbons (Fsp3) is 0.300. The topological polar surface area (TPSA) is 38.1 Å². The molecule has 3 heterocycles. The van der Waals surface area contributed by atoms with Crippen LogP contribution in [0.5, 0.6) is 0 Å². The number of aryl methyl sites for hydroxylation is 2. The van der Waals surface area contributed by atoms with E-state index in [1.807, 2.05) is 18.0 Å². The molecule has 1 amide bonds. The van der Waals surface area contributed by atoms with Crippen molar-refractivity contribution < 1.29 is 4.79 Å². The average molecular weight is 319 g/mol. The number of nitrogens with zero attached hydrogens (tertiary/aromatic N) is 3. The Hall–Kier alpha value is -2.62. The Morgan fingerprint density at radius 3 is 2.67 bits per heavy atom. The molecule has 3 aromatic rings. The number of amides is 1. The number of hydrogen-bond donors (Lipinski definition) is 0. The van der Waals surface area contributed by atoms with Crippen LogP contribution in [0.3, 0.4) is 0 Å². The first-order chi connectivity index (χ1) is 11.6. The van der Waals surface area contributed by atoms with E-state index in [1.165, 1.54) is 5.56 Å². The summed E-state index contributed by atoms with van der Waals surface area (Å²) in [6.45, 7) is 6.31. The van der Waals surface area contributed by atoms with Crippen molar-refractivity contribution in [3.8, 4) is 11.1 Å². The van der Waals surface area contributed by atoms with E-state index < -0.39 is 0 Å². The van der Waals surface area contributed by atoms with Crippen molar-refractivity contribution in [3.05, 3.63) is 53.9 Å². The van der Waals surface area contributed by atoms with Crippen molar-refractivity contribution in [3.63, 3.8) is 0 Å². The zero-order valence-electron chi connectivity index (χ0n) is 14.1. The maximum Gasteiger partial charge on any atom is 0.242 e. The van der Waals surface area contributed by atoms with Crippen LogP contribution < -0.4 is 0 Å². The molecule has 4 heteroatoms. The van der Waals surface area contributed by atoms with Gasteiger partial charge in [0.2, 0.25) is 5.91 Å². The number of fused-ring (bicyclic) bond motifs is 1. The molecular formula is C20H21N3O. The Morgan fingerprint density at radius 2 is 1.96 bits per heavy atom. The molecule has 0 aliphatic carbocycles. The maximum absolute atomic E-state index is 12.4. The summed E-state index contributed by atoms with van der Waals surface area (Å²) in [6.07, 6.45) is 3.04. The Balaban J connectivity index is 1.74. The van der Waals surface area contributed by atoms with Crippen LogP contribution in [0.15, 0.2) is 42.6 Å². The van der Waals surface area contributed by atoms with Gasteiger partial charge in [0.05, 0.1) is 11.0 Å². The van der Waals surface area contributed by atoms with E-state index in [0.717, 1.165) is 47.4 Å². The highest BCUT2D eigenvalue weighted by molar-refractivity contribution is 5.85. The van der Waals surface area contributed by atoms with Gasteiger partial charge in [-0.2, -0.15) is 0 Å². The minimum absolute atomic E-state index is 0.197. The lowest BCUT2D eigenvalue weighted by atomic mass is 10.1. The fourth-order valence-corrected chi connectivity index (χ4v) is 3.25. The van der Waals surface area contributed by atoms with Crippen LogP contribution in [-0.2, 0) is 11.3 Å². The number of likely N-dealkylation sites (tertiary alicyclic amines) is 1. The molecule has 1 aliphatic heterocycles. The van der Waals surface area contributed by atoms with Gasteiger partial charge in [-0.1, -0.05) is 29.8 Å². The molecule has 0 saturated carbocycles. The van der Waals surface area contributed by atoms with Gasteiger partial charge >= 0.3 is 0 Å². The molecule has 4 rings (SSSR count). The van der Waals surface area contributed by atoms with Gasteiger partial charge in [-0.05, 0) is 38.0 Å². The summed E-state index contributed by atoms with van der Waals surface area (Å²) in [7, 11) is 0. The van der Waals surface area contributed by atoms with E-state index in [9.17, 15) is 4.79 Å². The first-order valence-electron chi connectivity index (χ1n) is 8.42. The third-order valence-electron chi connectivity index (χ3n) is 4.81. The number of benzene rings is 1. The van der Waals surface area contributed by atoms with E-state index >= 15 is 0 Å². The number of rotatable bonds is 3. The highest BCUT2D eigenvalue weighted by Crippen LogP contribution is 2.26. The first kappa shape index (κ1) is 14.9. The largest absolute Gasteiger partial charge is 0.341 e. The molecule has 0 N–H and O–H groups in total. The summed E-state index contributed by atoms with van der Waals surface area (Å²) in [6, 6.07) is 12.6. The van der Waals surface area contributed by atoms with Gasteiger partial charge in [0.15, 0.2) is 0 Å². The molecule has 0 atom stereocenters. The van der Waals surface area contributed by atoms with Crippen LogP contribution in [0.2, 0.25) is 0 Å². The van der Waals surface area contributed by atoms with Gasteiger partial charge in [-0.25, -0.2) is 0 Å². The molecule has 1 aromatic carbocycles. The molecular weight excluding hydrogens is 298 g/mol. The van der Waals surface area contributed by atoms with Gasteiger partial charge in [0.25, 0.3) is 0 Å². The van der Waals surface area contributed by atoms with Crippen LogP contribution in [0.4, 0.5) is 0 Å². The first-order valence-corrected chi connectivity index (χ1v) is 8.42. The molecule has 0 radical (unpaired) electrons. The number of carbonyl (C=O) groups excluding carboxylic acids is 1. The molecule has 0 bridgehead atoms. The smallest absolute Gasteiger partial charge is 0.242 e. The summed E-state index contributed by atoms with van der Waals surface area (Å²) in [4.78, 5) is 18.9. The highest BCUT2D eigenvalue weighted by atomic mass is 16.2. The lowest BCUT2D eigenvalue weighted by molar-refractivity contribution is -0.135. The lowest BCUT2D eigenvalue weighted by Crippen LogP contribution is -2.43. The predicted octanol–water partition coefficient (Wildman–Crippen LogP) is 3.55. The maximum atomic E-state index is 12.4. The van der Waals surface area contributed by atoms with Crippen molar-refractivity contribution >= 4 is 16.9 Å². The molecule has 24 heavy (non-hydrogen) atoms. The monoisotopic (exact) mass is 319 g/mol. The van der Waals surface area contributed by atoms with Crippen LogP contribution in [0.25, 0.3) is 22.2 Å². The summed E-state index contributed by atoms with van der Waals surface area (Å²) in [5, 5.41) is 0. The second-order valence-electron chi connectivity index (χ2n) is 6.60. The highest BCUT2D eigenvalue weighted by Gasteiger charge is 2.21. The Morgan fingerprint density at radius 1 is 1.12 bits per heavy atom. The van der Waals surface area contributed by atoms with E-state index in [4.69, 9.17) is 0 Å². The number of aromatic nitrogens is 2. The van der Waals surface area contributed by atoms with Crippen LogP contribution in [0.1, 0.15) is 17.7 Å². The molecule has 0 unspecified atom stereocenters. The van der Waals surface area contributed by atoms with Gasteiger partial charge < -0.3 is 9.47 Å². The molecule has 1 saturated heterocycles. The Kier molecular flexibility index (Phi) is 3.60.